The van der Waals surface area contributed by atoms with Gasteiger partial charge in [-0.25, -0.2) is 0 Å². The highest BCUT2D eigenvalue weighted by Crippen LogP contribution is 2.18. The molecule has 5 heteroatoms. The van der Waals surface area contributed by atoms with E-state index in [1.807, 2.05) is 48.5 Å². The van der Waals surface area contributed by atoms with Crippen LogP contribution >= 0.6 is 0 Å². The largest absolute Gasteiger partial charge is 0.497 e. The van der Waals surface area contributed by atoms with Crippen LogP contribution in [0.2, 0.25) is 0 Å². The molecule has 1 amide bonds. The summed E-state index contributed by atoms with van der Waals surface area (Å²) in [6.07, 6.45) is 1.59. The summed E-state index contributed by atoms with van der Waals surface area (Å²) in [4.78, 5) is 24.8. The average Bonchev–Trinajstić information content (AvgIpc) is 2.70. The van der Waals surface area contributed by atoms with Gasteiger partial charge in [-0.05, 0) is 47.4 Å². The Labute approximate surface area is 164 Å². The van der Waals surface area contributed by atoms with Crippen molar-refractivity contribution in [1.29, 1.82) is 0 Å². The maximum absolute atomic E-state index is 12.6. The first-order valence-corrected chi connectivity index (χ1v) is 9.21. The third-order valence-electron chi connectivity index (χ3n) is 4.59. The van der Waals surface area contributed by atoms with Crippen molar-refractivity contribution in [2.75, 3.05) is 12.4 Å². The van der Waals surface area contributed by atoms with Gasteiger partial charge in [0.05, 0.1) is 19.2 Å². The van der Waals surface area contributed by atoms with Crippen molar-refractivity contribution in [3.63, 3.8) is 0 Å². The van der Waals surface area contributed by atoms with Gasteiger partial charge in [0.2, 0.25) is 0 Å². The van der Waals surface area contributed by atoms with Crippen LogP contribution < -0.4 is 15.6 Å². The van der Waals surface area contributed by atoms with E-state index in [1.165, 1.54) is 16.2 Å². The van der Waals surface area contributed by atoms with Crippen molar-refractivity contribution in [2.45, 2.75) is 26.3 Å². The van der Waals surface area contributed by atoms with Gasteiger partial charge in [-0.3, -0.25) is 9.59 Å². The Morgan fingerprint density at radius 3 is 2.29 bits per heavy atom. The van der Waals surface area contributed by atoms with Gasteiger partial charge in [0.1, 0.15) is 5.75 Å². The molecule has 28 heavy (non-hydrogen) atoms. The van der Waals surface area contributed by atoms with Crippen LogP contribution in [0.15, 0.2) is 71.7 Å². The molecule has 0 saturated heterocycles. The lowest BCUT2D eigenvalue weighted by atomic mass is 10.0. The minimum Gasteiger partial charge on any atom is -0.497 e. The SMILES string of the molecule is COc1ccc(Cn2cc(C(=O)Nc3ccc(C(C)C)cc3)ccc2=O)cc1. The number of ether oxygens (including phenoxy) is 1. The summed E-state index contributed by atoms with van der Waals surface area (Å²) < 4.78 is 6.68. The van der Waals surface area contributed by atoms with Crippen molar-refractivity contribution < 1.29 is 9.53 Å². The standard InChI is InChI=1S/C23H24N2O3/c1-16(2)18-6-9-20(10-7-18)24-23(27)19-8-13-22(26)25(15-19)14-17-4-11-21(28-3)12-5-17/h4-13,15-16H,14H2,1-3H3,(H,24,27). The van der Waals surface area contributed by atoms with E-state index in [0.29, 0.717) is 18.0 Å². The van der Waals surface area contributed by atoms with E-state index in [-0.39, 0.29) is 11.5 Å². The summed E-state index contributed by atoms with van der Waals surface area (Å²) in [6.45, 7) is 4.63. The summed E-state index contributed by atoms with van der Waals surface area (Å²) in [6, 6.07) is 18.2. The van der Waals surface area contributed by atoms with Crippen molar-refractivity contribution >= 4 is 11.6 Å². The Bertz CT molecular complexity index is 1000. The first-order valence-electron chi connectivity index (χ1n) is 9.21. The van der Waals surface area contributed by atoms with E-state index in [0.717, 1.165) is 17.0 Å². The molecule has 0 spiro atoms. The minimum absolute atomic E-state index is 0.159. The second-order valence-electron chi connectivity index (χ2n) is 6.96. The molecular formula is C23H24N2O3. The average molecular weight is 376 g/mol. The number of carbonyl (C=O) groups excluding carboxylic acids is 1. The molecule has 0 atom stereocenters. The molecule has 2 aromatic carbocycles. The molecule has 1 aromatic heterocycles. The highest BCUT2D eigenvalue weighted by Gasteiger charge is 2.09. The lowest BCUT2D eigenvalue weighted by Gasteiger charge is -2.11. The molecule has 1 heterocycles. The summed E-state index contributed by atoms with van der Waals surface area (Å²) in [7, 11) is 1.61. The number of anilines is 1. The zero-order valence-electron chi connectivity index (χ0n) is 16.3. The summed E-state index contributed by atoms with van der Waals surface area (Å²) in [5.74, 6) is 0.944. The smallest absolute Gasteiger partial charge is 0.257 e. The van der Waals surface area contributed by atoms with Crippen LogP contribution in [0, 0.1) is 0 Å². The van der Waals surface area contributed by atoms with Crippen molar-refractivity contribution in [3.05, 3.63) is 93.9 Å². The van der Waals surface area contributed by atoms with Crippen LogP contribution in [-0.4, -0.2) is 17.6 Å². The number of amides is 1. The number of pyridine rings is 1. The minimum atomic E-state index is -0.249. The Morgan fingerprint density at radius 1 is 1.00 bits per heavy atom. The normalized spacial score (nSPS) is 10.7. The second kappa shape index (κ2) is 8.57. The number of aromatic nitrogens is 1. The zero-order valence-corrected chi connectivity index (χ0v) is 16.3. The monoisotopic (exact) mass is 376 g/mol. The highest BCUT2D eigenvalue weighted by atomic mass is 16.5. The Hall–Kier alpha value is -3.34. The molecule has 5 nitrogen and oxygen atoms in total. The first kappa shape index (κ1) is 19.4. The van der Waals surface area contributed by atoms with Crippen molar-refractivity contribution in [2.24, 2.45) is 0 Å². The quantitative estimate of drug-likeness (QED) is 0.698. The summed E-state index contributed by atoms with van der Waals surface area (Å²) in [5.41, 5.74) is 3.16. The summed E-state index contributed by atoms with van der Waals surface area (Å²) >= 11 is 0. The maximum atomic E-state index is 12.6. The second-order valence-corrected chi connectivity index (χ2v) is 6.96. The molecule has 0 radical (unpaired) electrons. The van der Waals surface area contributed by atoms with Crippen molar-refractivity contribution in [1.82, 2.24) is 4.57 Å². The predicted molar refractivity (Wildman–Crippen MR) is 111 cm³/mol. The predicted octanol–water partition coefficient (Wildman–Crippen LogP) is 4.28. The molecular weight excluding hydrogens is 352 g/mol. The van der Waals surface area contributed by atoms with Gasteiger partial charge >= 0.3 is 0 Å². The third-order valence-corrected chi connectivity index (χ3v) is 4.59. The van der Waals surface area contributed by atoms with Gasteiger partial charge < -0.3 is 14.6 Å². The molecule has 3 rings (SSSR count). The molecule has 0 unspecified atom stereocenters. The van der Waals surface area contributed by atoms with Crippen LogP contribution in [0.4, 0.5) is 5.69 Å². The van der Waals surface area contributed by atoms with Gasteiger partial charge in [-0.15, -0.1) is 0 Å². The van der Waals surface area contributed by atoms with E-state index in [9.17, 15) is 9.59 Å². The van der Waals surface area contributed by atoms with Crippen LogP contribution in [0.5, 0.6) is 5.75 Å². The van der Waals surface area contributed by atoms with Gasteiger partial charge in [-0.1, -0.05) is 38.1 Å². The van der Waals surface area contributed by atoms with Crippen LogP contribution in [0.1, 0.15) is 41.3 Å². The molecule has 3 aromatic rings. The Balaban J connectivity index is 1.75. The Morgan fingerprint density at radius 2 is 1.68 bits per heavy atom. The fourth-order valence-corrected chi connectivity index (χ4v) is 2.87. The highest BCUT2D eigenvalue weighted by molar-refractivity contribution is 6.04. The first-order chi connectivity index (χ1) is 13.5. The maximum Gasteiger partial charge on any atom is 0.257 e. The number of rotatable bonds is 6. The Kier molecular flexibility index (Phi) is 5.94. The van der Waals surface area contributed by atoms with E-state index in [4.69, 9.17) is 4.74 Å². The number of carbonyl (C=O) groups is 1. The molecule has 144 valence electrons. The molecule has 0 aliphatic carbocycles. The van der Waals surface area contributed by atoms with Crippen molar-refractivity contribution in [3.8, 4) is 5.75 Å². The van der Waals surface area contributed by atoms with Gasteiger partial charge in [0.15, 0.2) is 0 Å². The number of benzene rings is 2. The lowest BCUT2D eigenvalue weighted by Crippen LogP contribution is -2.22. The third kappa shape index (κ3) is 4.68. The molecule has 1 N–H and O–H groups in total. The van der Waals surface area contributed by atoms with Gasteiger partial charge in [0, 0.05) is 18.0 Å². The van der Waals surface area contributed by atoms with E-state index < -0.39 is 0 Å². The van der Waals surface area contributed by atoms with E-state index in [1.54, 1.807) is 19.4 Å². The number of methoxy groups -OCH3 is 1. The van der Waals surface area contributed by atoms with Crippen LogP contribution in [0.25, 0.3) is 0 Å². The zero-order chi connectivity index (χ0) is 20.1. The van der Waals surface area contributed by atoms with Crippen LogP contribution in [0.3, 0.4) is 0 Å². The number of nitrogens with zero attached hydrogens (tertiary/aromatic N) is 1. The fourth-order valence-electron chi connectivity index (χ4n) is 2.87. The van der Waals surface area contributed by atoms with E-state index in [2.05, 4.69) is 19.2 Å². The topological polar surface area (TPSA) is 60.3 Å². The number of hydrogen-bond donors (Lipinski definition) is 1. The van der Waals surface area contributed by atoms with E-state index >= 15 is 0 Å². The lowest BCUT2D eigenvalue weighted by molar-refractivity contribution is 0.102. The number of nitrogens with one attached hydrogen (secondary N) is 1. The summed E-state index contributed by atoms with van der Waals surface area (Å²) in [5, 5.41) is 2.88. The molecule has 0 saturated carbocycles. The molecule has 0 bridgehead atoms. The molecule has 0 aliphatic heterocycles. The number of hydrogen-bond acceptors (Lipinski definition) is 3. The fraction of sp³-hybridized carbons (Fsp3) is 0.217. The van der Waals surface area contributed by atoms with Gasteiger partial charge in [-0.2, -0.15) is 0 Å². The molecule has 0 fully saturated rings. The van der Waals surface area contributed by atoms with Gasteiger partial charge in [0.25, 0.3) is 11.5 Å². The molecule has 0 aliphatic rings. The van der Waals surface area contributed by atoms with Crippen LogP contribution in [-0.2, 0) is 6.54 Å².